The maximum atomic E-state index is 12.2. The number of hydrogen-bond donors (Lipinski definition) is 1. The quantitative estimate of drug-likeness (QED) is 0.529. The van der Waals surface area contributed by atoms with Crippen LogP contribution >= 0.6 is 11.6 Å². The third kappa shape index (κ3) is 3.70. The first-order valence-electron chi connectivity index (χ1n) is 8.14. The molecule has 7 nitrogen and oxygen atoms in total. The lowest BCUT2D eigenvalue weighted by atomic mass is 10.3. The van der Waals surface area contributed by atoms with E-state index < -0.39 is 6.61 Å². The second-order valence-electron chi connectivity index (χ2n) is 5.78. The molecule has 142 valence electrons. The molecular weight excluding hydrogens is 390 g/mol. The van der Waals surface area contributed by atoms with Crippen molar-refractivity contribution in [3.05, 3.63) is 59.8 Å². The highest BCUT2D eigenvalue weighted by molar-refractivity contribution is 6.31. The molecule has 3 aromatic heterocycles. The summed E-state index contributed by atoms with van der Waals surface area (Å²) >= 11 is 6.06. The molecule has 0 aliphatic rings. The zero-order valence-electron chi connectivity index (χ0n) is 14.5. The summed E-state index contributed by atoms with van der Waals surface area (Å²) in [5.41, 5.74) is 1.91. The number of rotatable bonds is 5. The molecule has 1 N–H and O–H groups in total. The van der Waals surface area contributed by atoms with Crippen molar-refractivity contribution in [3.8, 4) is 11.6 Å². The number of benzene rings is 1. The molecule has 0 bridgehead atoms. The summed E-state index contributed by atoms with van der Waals surface area (Å²) in [6.45, 7) is -1.03. The molecule has 0 aliphatic carbocycles. The highest BCUT2D eigenvalue weighted by atomic mass is 35.5. The molecule has 10 heteroatoms. The van der Waals surface area contributed by atoms with Crippen LogP contribution in [-0.4, -0.2) is 31.1 Å². The molecule has 4 aromatic rings. The van der Waals surface area contributed by atoms with Gasteiger partial charge in [0.05, 0.1) is 22.9 Å². The number of nitrogens with zero attached hydrogens (tertiary/aromatic N) is 5. The third-order valence-corrected chi connectivity index (χ3v) is 4.06. The molecule has 0 atom stereocenters. The van der Waals surface area contributed by atoms with Gasteiger partial charge < -0.3 is 10.1 Å². The number of aromatic nitrogens is 5. The van der Waals surface area contributed by atoms with Crippen LogP contribution in [0.3, 0.4) is 0 Å². The lowest BCUT2D eigenvalue weighted by Gasteiger charge is -2.10. The highest BCUT2D eigenvalue weighted by Crippen LogP contribution is 2.23. The zero-order chi connectivity index (χ0) is 19.7. The predicted molar refractivity (Wildman–Crippen MR) is 101 cm³/mol. The van der Waals surface area contributed by atoms with Gasteiger partial charge in [-0.05, 0) is 37.3 Å². The van der Waals surface area contributed by atoms with Crippen molar-refractivity contribution in [3.63, 3.8) is 0 Å². The van der Waals surface area contributed by atoms with Gasteiger partial charge in [-0.2, -0.15) is 8.78 Å². The Hall–Kier alpha value is -3.33. The summed E-state index contributed by atoms with van der Waals surface area (Å²) in [5.74, 6) is 1.76. The maximum absolute atomic E-state index is 12.2. The van der Waals surface area contributed by atoms with Crippen molar-refractivity contribution in [1.82, 2.24) is 24.5 Å². The second-order valence-corrected chi connectivity index (χ2v) is 6.22. The van der Waals surface area contributed by atoms with Crippen molar-refractivity contribution in [1.29, 1.82) is 0 Å². The molecule has 3 heterocycles. The Kier molecular flexibility index (Phi) is 4.74. The highest BCUT2D eigenvalue weighted by Gasteiger charge is 2.13. The second kappa shape index (κ2) is 7.35. The Morgan fingerprint density at radius 2 is 1.89 bits per heavy atom. The van der Waals surface area contributed by atoms with Crippen LogP contribution in [0.5, 0.6) is 5.75 Å². The van der Waals surface area contributed by atoms with E-state index in [9.17, 15) is 8.78 Å². The molecule has 0 fully saturated rings. The first-order valence-corrected chi connectivity index (χ1v) is 8.52. The summed E-state index contributed by atoms with van der Waals surface area (Å²) in [4.78, 5) is 17.4. The van der Waals surface area contributed by atoms with E-state index in [0.29, 0.717) is 39.3 Å². The number of nitrogens with one attached hydrogen (secondary N) is 1. The van der Waals surface area contributed by atoms with E-state index in [4.69, 9.17) is 11.6 Å². The molecule has 28 heavy (non-hydrogen) atoms. The first kappa shape index (κ1) is 18.1. The van der Waals surface area contributed by atoms with Crippen LogP contribution in [0.1, 0.15) is 5.82 Å². The summed E-state index contributed by atoms with van der Waals surface area (Å²) in [5, 5.41) is 3.56. The van der Waals surface area contributed by atoms with E-state index in [0.717, 1.165) is 0 Å². The topological polar surface area (TPSA) is 77.8 Å². The van der Waals surface area contributed by atoms with Crippen molar-refractivity contribution >= 4 is 34.3 Å². The minimum absolute atomic E-state index is 0.0743. The zero-order valence-corrected chi connectivity index (χ0v) is 15.2. The van der Waals surface area contributed by atoms with Gasteiger partial charge >= 0.3 is 6.61 Å². The third-order valence-electron chi connectivity index (χ3n) is 3.85. The number of pyridine rings is 1. The lowest BCUT2D eigenvalue weighted by molar-refractivity contribution is -0.0498. The van der Waals surface area contributed by atoms with E-state index in [-0.39, 0.29) is 5.75 Å². The summed E-state index contributed by atoms with van der Waals surface area (Å²) < 4.78 is 30.6. The average Bonchev–Trinajstić information content (AvgIpc) is 2.98. The SMILES string of the molecule is Cc1nc2ncc(Cl)cc2n1-c1cncc(Nc2ccc(OC(F)F)cc2)n1. The van der Waals surface area contributed by atoms with Crippen molar-refractivity contribution < 1.29 is 13.5 Å². The normalized spacial score (nSPS) is 11.2. The molecule has 1 aromatic carbocycles. The molecule has 0 aliphatic heterocycles. The van der Waals surface area contributed by atoms with Crippen molar-refractivity contribution in [2.75, 3.05) is 5.32 Å². The molecule has 0 radical (unpaired) electrons. The number of imidazole rings is 1. The van der Waals surface area contributed by atoms with Gasteiger partial charge in [-0.3, -0.25) is 9.55 Å². The van der Waals surface area contributed by atoms with Gasteiger partial charge in [0, 0.05) is 11.9 Å². The number of hydrogen-bond acceptors (Lipinski definition) is 6. The fourth-order valence-corrected chi connectivity index (χ4v) is 2.88. The molecule has 0 saturated carbocycles. The Morgan fingerprint density at radius 1 is 1.11 bits per heavy atom. The van der Waals surface area contributed by atoms with E-state index in [1.54, 1.807) is 35.2 Å². The number of alkyl halides is 2. The molecular formula is C18H13ClF2N6O. The minimum atomic E-state index is -2.86. The number of fused-ring (bicyclic) bond motifs is 1. The van der Waals surface area contributed by atoms with Crippen molar-refractivity contribution in [2.24, 2.45) is 0 Å². The monoisotopic (exact) mass is 402 g/mol. The number of anilines is 2. The van der Waals surface area contributed by atoms with E-state index in [1.165, 1.54) is 18.3 Å². The van der Waals surface area contributed by atoms with Crippen LogP contribution in [0.2, 0.25) is 5.02 Å². The molecule has 4 rings (SSSR count). The average molecular weight is 403 g/mol. The fourth-order valence-electron chi connectivity index (χ4n) is 2.73. The number of halogens is 3. The van der Waals surface area contributed by atoms with E-state index in [2.05, 4.69) is 30.0 Å². The van der Waals surface area contributed by atoms with Gasteiger partial charge in [-0.15, -0.1) is 0 Å². The van der Waals surface area contributed by atoms with Gasteiger partial charge in [0.1, 0.15) is 11.6 Å². The maximum Gasteiger partial charge on any atom is 0.387 e. The van der Waals surface area contributed by atoms with Crippen molar-refractivity contribution in [2.45, 2.75) is 13.5 Å². The Labute approximate surface area is 163 Å². The van der Waals surface area contributed by atoms with E-state index >= 15 is 0 Å². The van der Waals surface area contributed by atoms with E-state index in [1.807, 2.05) is 6.92 Å². The summed E-state index contributed by atoms with van der Waals surface area (Å²) in [6.07, 6.45) is 4.68. The van der Waals surface area contributed by atoms with Crippen LogP contribution in [0.4, 0.5) is 20.3 Å². The van der Waals surface area contributed by atoms with Crippen LogP contribution < -0.4 is 10.1 Å². The molecule has 0 amide bonds. The van der Waals surface area contributed by atoms with Gasteiger partial charge in [-0.25, -0.2) is 15.0 Å². The largest absolute Gasteiger partial charge is 0.435 e. The Balaban J connectivity index is 1.64. The van der Waals surface area contributed by atoms with Crippen LogP contribution in [0, 0.1) is 6.92 Å². The first-order chi connectivity index (χ1) is 13.5. The van der Waals surface area contributed by atoms with Crippen LogP contribution in [0.25, 0.3) is 17.0 Å². The van der Waals surface area contributed by atoms with Crippen LogP contribution in [0.15, 0.2) is 48.9 Å². The summed E-state index contributed by atoms with van der Waals surface area (Å²) in [7, 11) is 0. The lowest BCUT2D eigenvalue weighted by Crippen LogP contribution is -2.04. The number of ether oxygens (including phenoxy) is 1. The molecule has 0 spiro atoms. The molecule has 0 saturated heterocycles. The van der Waals surface area contributed by atoms with Gasteiger partial charge in [-0.1, -0.05) is 11.6 Å². The van der Waals surface area contributed by atoms with Crippen LogP contribution in [-0.2, 0) is 0 Å². The Bertz CT molecular complexity index is 1130. The standard InChI is InChI=1S/C18H13ClF2N6O/c1-10-24-17-14(6-11(19)7-23-17)27(10)16-9-22-8-15(26-16)25-12-2-4-13(5-3-12)28-18(20)21/h2-9,18H,1H3,(H,25,26). The predicted octanol–water partition coefficient (Wildman–Crippen LogP) is 4.52. The van der Waals surface area contributed by atoms with Gasteiger partial charge in [0.2, 0.25) is 0 Å². The minimum Gasteiger partial charge on any atom is -0.435 e. The molecule has 0 unspecified atom stereocenters. The Morgan fingerprint density at radius 3 is 2.64 bits per heavy atom. The summed E-state index contributed by atoms with van der Waals surface area (Å²) in [6, 6.07) is 7.84. The fraction of sp³-hybridized carbons (Fsp3) is 0.111. The van der Waals surface area contributed by atoms with Gasteiger partial charge in [0.15, 0.2) is 17.3 Å². The van der Waals surface area contributed by atoms with Gasteiger partial charge in [0.25, 0.3) is 0 Å². The smallest absolute Gasteiger partial charge is 0.387 e. The number of aryl methyl sites for hydroxylation is 1.